The fourth-order valence-corrected chi connectivity index (χ4v) is 2.54. The lowest BCUT2D eigenvalue weighted by Crippen LogP contribution is -2.29. The van der Waals surface area contributed by atoms with Crippen molar-refractivity contribution in [3.8, 4) is 5.75 Å². The monoisotopic (exact) mass is 327 g/mol. The topological polar surface area (TPSA) is 86.9 Å². The van der Waals surface area contributed by atoms with Crippen molar-refractivity contribution < 1.29 is 9.53 Å². The lowest BCUT2D eigenvalue weighted by molar-refractivity contribution is -0.129. The number of aryl methyl sites for hydroxylation is 1. The Morgan fingerprint density at radius 3 is 2.96 bits per heavy atom. The summed E-state index contributed by atoms with van der Waals surface area (Å²) in [6, 6.07) is 5.73. The highest BCUT2D eigenvalue weighted by Crippen LogP contribution is 2.18. The van der Waals surface area contributed by atoms with Gasteiger partial charge in [-0.2, -0.15) is 5.10 Å². The summed E-state index contributed by atoms with van der Waals surface area (Å²) >= 11 is 0. The predicted octanol–water partition coefficient (Wildman–Crippen LogP) is 1.93. The number of amides is 1. The highest BCUT2D eigenvalue weighted by Gasteiger charge is 2.11. The molecule has 3 rings (SSSR count). The number of hydrogen-bond acceptors (Lipinski definition) is 4. The van der Waals surface area contributed by atoms with Gasteiger partial charge in [-0.15, -0.1) is 0 Å². The van der Waals surface area contributed by atoms with E-state index < -0.39 is 0 Å². The molecule has 0 fully saturated rings. The van der Waals surface area contributed by atoms with Crippen molar-refractivity contribution in [1.29, 1.82) is 0 Å². The highest BCUT2D eigenvalue weighted by molar-refractivity contribution is 5.77. The number of carbonyl (C=O) groups excluding carboxylic acids is 1. The summed E-state index contributed by atoms with van der Waals surface area (Å²) in [4.78, 5) is 21.7. The zero-order valence-corrected chi connectivity index (χ0v) is 13.9. The summed E-state index contributed by atoms with van der Waals surface area (Å²) in [6.45, 7) is 0.626. The molecule has 2 N–H and O–H groups in total. The van der Waals surface area contributed by atoms with Gasteiger partial charge in [0, 0.05) is 38.7 Å². The molecule has 0 unspecified atom stereocenters. The molecule has 0 saturated heterocycles. The Bertz CT molecular complexity index is 810. The molecular formula is C17H21N5O2. The van der Waals surface area contributed by atoms with Gasteiger partial charge in [0.15, 0.2) is 0 Å². The molecule has 0 spiro atoms. The number of carbonyl (C=O) groups is 1. The van der Waals surface area contributed by atoms with E-state index in [1.54, 1.807) is 18.2 Å². The second-order valence-electron chi connectivity index (χ2n) is 5.74. The Hall–Kier alpha value is -2.83. The number of ether oxygens (including phenoxy) is 1. The van der Waals surface area contributed by atoms with E-state index in [4.69, 9.17) is 4.74 Å². The Kier molecular flexibility index (Phi) is 4.79. The number of imidazole rings is 1. The van der Waals surface area contributed by atoms with Crippen molar-refractivity contribution >= 4 is 16.9 Å². The Balaban J connectivity index is 1.53. The molecule has 126 valence electrons. The fourth-order valence-electron chi connectivity index (χ4n) is 2.54. The Labute approximate surface area is 140 Å². The fraction of sp³-hybridized carbons (Fsp3) is 0.353. The third-order valence-corrected chi connectivity index (χ3v) is 4.03. The highest BCUT2D eigenvalue weighted by atomic mass is 16.5. The molecule has 0 saturated carbocycles. The van der Waals surface area contributed by atoms with Crippen LogP contribution in [0.3, 0.4) is 0 Å². The minimum atomic E-state index is 0.119. The van der Waals surface area contributed by atoms with Crippen molar-refractivity contribution in [1.82, 2.24) is 25.1 Å². The number of aromatic amines is 2. The number of rotatable bonds is 7. The second-order valence-corrected chi connectivity index (χ2v) is 5.74. The summed E-state index contributed by atoms with van der Waals surface area (Å²) in [7, 11) is 3.46. The van der Waals surface area contributed by atoms with Crippen LogP contribution in [0.1, 0.15) is 17.8 Å². The van der Waals surface area contributed by atoms with Crippen LogP contribution >= 0.6 is 0 Å². The third kappa shape index (κ3) is 3.73. The van der Waals surface area contributed by atoms with E-state index >= 15 is 0 Å². The van der Waals surface area contributed by atoms with E-state index in [0.29, 0.717) is 25.8 Å². The van der Waals surface area contributed by atoms with Crippen LogP contribution in [-0.2, 0) is 17.6 Å². The SMILES string of the molecule is COc1ccc2nc(CCN(C)C(=O)CCc3cn[nH]c3)[nH]c2c1. The van der Waals surface area contributed by atoms with Gasteiger partial charge in [-0.1, -0.05) is 0 Å². The number of aromatic nitrogens is 4. The van der Waals surface area contributed by atoms with E-state index in [-0.39, 0.29) is 5.91 Å². The molecule has 7 nitrogen and oxygen atoms in total. The maximum absolute atomic E-state index is 12.2. The van der Waals surface area contributed by atoms with Gasteiger partial charge in [0.1, 0.15) is 11.6 Å². The second kappa shape index (κ2) is 7.16. The van der Waals surface area contributed by atoms with Crippen LogP contribution < -0.4 is 4.74 Å². The lowest BCUT2D eigenvalue weighted by atomic mass is 10.2. The molecule has 2 aromatic heterocycles. The smallest absolute Gasteiger partial charge is 0.222 e. The van der Waals surface area contributed by atoms with E-state index in [2.05, 4.69) is 20.2 Å². The number of methoxy groups -OCH3 is 1. The maximum atomic E-state index is 12.2. The van der Waals surface area contributed by atoms with Crippen LogP contribution in [0.15, 0.2) is 30.6 Å². The number of fused-ring (bicyclic) bond motifs is 1. The van der Waals surface area contributed by atoms with Crippen molar-refractivity contribution in [3.63, 3.8) is 0 Å². The molecule has 24 heavy (non-hydrogen) atoms. The molecule has 7 heteroatoms. The summed E-state index contributed by atoms with van der Waals surface area (Å²) in [5, 5.41) is 6.64. The van der Waals surface area contributed by atoms with Gasteiger partial charge in [0.2, 0.25) is 5.91 Å². The lowest BCUT2D eigenvalue weighted by Gasteiger charge is -2.16. The first-order valence-corrected chi connectivity index (χ1v) is 7.90. The summed E-state index contributed by atoms with van der Waals surface area (Å²) in [5.74, 6) is 1.78. The van der Waals surface area contributed by atoms with Crippen LogP contribution in [0.5, 0.6) is 5.75 Å². The van der Waals surface area contributed by atoms with Crippen LogP contribution in [0, 0.1) is 0 Å². The number of nitrogens with one attached hydrogen (secondary N) is 2. The average Bonchev–Trinajstić information content (AvgIpc) is 3.25. The first-order chi connectivity index (χ1) is 11.7. The van der Waals surface area contributed by atoms with Crippen LogP contribution in [0.4, 0.5) is 0 Å². The van der Waals surface area contributed by atoms with Crippen LogP contribution in [0.2, 0.25) is 0 Å². The van der Waals surface area contributed by atoms with E-state index in [9.17, 15) is 4.79 Å². The molecule has 0 aliphatic heterocycles. The van der Waals surface area contributed by atoms with Gasteiger partial charge >= 0.3 is 0 Å². The predicted molar refractivity (Wildman–Crippen MR) is 90.9 cm³/mol. The Morgan fingerprint density at radius 1 is 1.33 bits per heavy atom. The van der Waals surface area contributed by atoms with Gasteiger partial charge in [-0.3, -0.25) is 9.89 Å². The molecule has 0 aliphatic rings. The molecule has 3 aromatic rings. The normalized spacial score (nSPS) is 10.9. The number of likely N-dealkylation sites (N-methyl/N-ethyl adjacent to an activating group) is 1. The van der Waals surface area contributed by atoms with Gasteiger partial charge in [0.25, 0.3) is 0 Å². The summed E-state index contributed by atoms with van der Waals surface area (Å²) in [5.41, 5.74) is 2.89. The van der Waals surface area contributed by atoms with Gasteiger partial charge in [-0.05, 0) is 24.1 Å². The molecule has 0 atom stereocenters. The Morgan fingerprint density at radius 2 is 2.21 bits per heavy atom. The van der Waals surface area contributed by atoms with Crippen molar-refractivity contribution in [3.05, 3.63) is 42.0 Å². The zero-order chi connectivity index (χ0) is 16.9. The molecule has 0 bridgehead atoms. The molecule has 2 heterocycles. The largest absolute Gasteiger partial charge is 0.497 e. The van der Waals surface area contributed by atoms with E-state index in [1.165, 1.54) is 0 Å². The van der Waals surface area contributed by atoms with Crippen molar-refractivity contribution in [2.45, 2.75) is 19.3 Å². The van der Waals surface area contributed by atoms with Crippen molar-refractivity contribution in [2.24, 2.45) is 0 Å². The summed E-state index contributed by atoms with van der Waals surface area (Å²) < 4.78 is 5.21. The van der Waals surface area contributed by atoms with Crippen LogP contribution in [0.25, 0.3) is 11.0 Å². The third-order valence-electron chi connectivity index (χ3n) is 4.03. The standard InChI is InChI=1S/C17H21N5O2/c1-22(17(23)6-3-12-10-18-19-11-12)8-7-16-20-14-5-4-13(24-2)9-15(14)21-16/h4-5,9-11H,3,6-8H2,1-2H3,(H,18,19)(H,20,21). The number of hydrogen-bond donors (Lipinski definition) is 2. The number of H-pyrrole nitrogens is 2. The van der Waals surface area contributed by atoms with Crippen LogP contribution in [-0.4, -0.2) is 51.7 Å². The number of benzene rings is 1. The average molecular weight is 327 g/mol. The van der Waals surface area contributed by atoms with Gasteiger partial charge in [0.05, 0.1) is 24.3 Å². The zero-order valence-electron chi connectivity index (χ0n) is 13.9. The molecule has 1 aromatic carbocycles. The number of nitrogens with zero attached hydrogens (tertiary/aromatic N) is 3. The molecule has 0 aliphatic carbocycles. The van der Waals surface area contributed by atoms with E-state index in [0.717, 1.165) is 28.2 Å². The van der Waals surface area contributed by atoms with E-state index in [1.807, 2.05) is 31.4 Å². The first kappa shape index (κ1) is 16.0. The van der Waals surface area contributed by atoms with Crippen molar-refractivity contribution in [2.75, 3.05) is 20.7 Å². The minimum Gasteiger partial charge on any atom is -0.497 e. The quantitative estimate of drug-likeness (QED) is 0.694. The van der Waals surface area contributed by atoms with Gasteiger partial charge < -0.3 is 14.6 Å². The molecule has 0 radical (unpaired) electrons. The first-order valence-electron chi connectivity index (χ1n) is 7.90. The maximum Gasteiger partial charge on any atom is 0.222 e. The minimum absolute atomic E-state index is 0.119. The van der Waals surface area contributed by atoms with Gasteiger partial charge in [-0.25, -0.2) is 4.98 Å². The summed E-state index contributed by atoms with van der Waals surface area (Å²) in [6.07, 6.45) is 5.42. The molecule has 1 amide bonds. The molecular weight excluding hydrogens is 306 g/mol.